The summed E-state index contributed by atoms with van der Waals surface area (Å²) in [6.07, 6.45) is 0.811. The Labute approximate surface area is 114 Å². The minimum Gasteiger partial charge on any atom is -0.393 e. The summed E-state index contributed by atoms with van der Waals surface area (Å²) in [5.74, 6) is -0.0874. The van der Waals surface area contributed by atoms with E-state index in [1.165, 1.54) is 5.56 Å². The van der Waals surface area contributed by atoms with E-state index < -0.39 is 5.54 Å². The molecular weight excluding hydrogens is 240 g/mol. The molecule has 0 aromatic heterocycles. The van der Waals surface area contributed by atoms with Crippen LogP contribution in [0.3, 0.4) is 0 Å². The van der Waals surface area contributed by atoms with Gasteiger partial charge in [-0.25, -0.2) is 0 Å². The number of hydrogen-bond acceptors (Lipinski definition) is 3. The molecule has 4 nitrogen and oxygen atoms in total. The lowest BCUT2D eigenvalue weighted by molar-refractivity contribution is -0.129. The molecule has 4 heteroatoms. The zero-order valence-electron chi connectivity index (χ0n) is 11.8. The number of anilines is 1. The van der Waals surface area contributed by atoms with Crippen molar-refractivity contribution in [2.45, 2.75) is 25.8 Å². The Kier molecular flexibility index (Phi) is 3.80. The average molecular weight is 262 g/mol. The second-order valence-corrected chi connectivity index (χ2v) is 5.43. The maximum absolute atomic E-state index is 12.5. The molecule has 0 spiro atoms. The summed E-state index contributed by atoms with van der Waals surface area (Å²) in [7, 11) is 1.89. The van der Waals surface area contributed by atoms with Crippen molar-refractivity contribution in [2.75, 3.05) is 25.1 Å². The quantitative estimate of drug-likeness (QED) is 0.841. The molecule has 1 aromatic rings. The molecule has 1 aliphatic heterocycles. The zero-order valence-corrected chi connectivity index (χ0v) is 11.8. The molecule has 104 valence electrons. The Morgan fingerprint density at radius 2 is 2.11 bits per heavy atom. The molecule has 0 bridgehead atoms. The number of rotatable bonds is 2. The molecule has 1 unspecified atom stereocenters. The maximum Gasteiger partial charge on any atom is 0.248 e. The summed E-state index contributed by atoms with van der Waals surface area (Å²) in [6, 6.07) is 8.07. The highest BCUT2D eigenvalue weighted by atomic mass is 16.3. The van der Waals surface area contributed by atoms with E-state index in [-0.39, 0.29) is 18.4 Å². The second kappa shape index (κ2) is 5.21. The summed E-state index contributed by atoms with van der Waals surface area (Å²) in [5, 5.41) is 12.8. The van der Waals surface area contributed by atoms with E-state index in [4.69, 9.17) is 0 Å². The topological polar surface area (TPSA) is 52.6 Å². The number of para-hydroxylation sites is 1. The number of hydrogen-bond donors (Lipinski definition) is 2. The average Bonchev–Trinajstić information content (AvgIpc) is 2.39. The van der Waals surface area contributed by atoms with E-state index in [1.54, 1.807) is 0 Å². The first-order chi connectivity index (χ1) is 9.04. The van der Waals surface area contributed by atoms with Crippen LogP contribution in [0.5, 0.6) is 0 Å². The van der Waals surface area contributed by atoms with E-state index in [0.29, 0.717) is 6.54 Å². The molecule has 1 aromatic carbocycles. The lowest BCUT2D eigenvalue weighted by Gasteiger charge is -2.45. The molecule has 1 heterocycles. The van der Waals surface area contributed by atoms with E-state index in [0.717, 1.165) is 12.1 Å². The van der Waals surface area contributed by atoms with E-state index in [9.17, 15) is 9.90 Å². The number of nitrogens with one attached hydrogen (secondary N) is 1. The van der Waals surface area contributed by atoms with Crippen LogP contribution in [0.15, 0.2) is 24.3 Å². The second-order valence-electron chi connectivity index (χ2n) is 5.43. The van der Waals surface area contributed by atoms with E-state index in [1.807, 2.05) is 44.0 Å². The highest BCUT2D eigenvalue weighted by Gasteiger charge is 2.46. The van der Waals surface area contributed by atoms with Crippen LogP contribution in [0.4, 0.5) is 5.69 Å². The van der Waals surface area contributed by atoms with Gasteiger partial charge in [0.1, 0.15) is 5.54 Å². The summed E-state index contributed by atoms with van der Waals surface area (Å²) >= 11 is 0. The number of aliphatic hydroxyl groups excluding tert-OH is 1. The number of aliphatic hydroxyl groups is 1. The smallest absolute Gasteiger partial charge is 0.248 e. The molecular formula is C15H22N2O2. The predicted octanol–water partition coefficient (Wildman–Crippen LogP) is 1.18. The number of likely N-dealkylation sites (N-methyl/N-ethyl adjacent to an activating group) is 1. The van der Waals surface area contributed by atoms with Gasteiger partial charge in [0.25, 0.3) is 0 Å². The van der Waals surface area contributed by atoms with Crippen molar-refractivity contribution >= 4 is 11.6 Å². The third-order valence-electron chi connectivity index (χ3n) is 4.22. The van der Waals surface area contributed by atoms with E-state index >= 15 is 0 Å². The molecule has 0 radical (unpaired) electrons. The van der Waals surface area contributed by atoms with Crippen LogP contribution in [0, 0.1) is 5.92 Å². The van der Waals surface area contributed by atoms with Gasteiger partial charge in [-0.3, -0.25) is 4.79 Å². The summed E-state index contributed by atoms with van der Waals surface area (Å²) in [6.45, 7) is 4.35. The van der Waals surface area contributed by atoms with Gasteiger partial charge in [0.05, 0.1) is 6.61 Å². The van der Waals surface area contributed by atoms with Crippen LogP contribution < -0.4 is 10.2 Å². The van der Waals surface area contributed by atoms with Gasteiger partial charge < -0.3 is 15.3 Å². The lowest BCUT2D eigenvalue weighted by Crippen LogP contribution is -2.64. The van der Waals surface area contributed by atoms with Crippen LogP contribution in [0.2, 0.25) is 0 Å². The number of carbonyl (C=O) groups is 1. The van der Waals surface area contributed by atoms with E-state index in [2.05, 4.69) is 11.4 Å². The lowest BCUT2D eigenvalue weighted by atomic mass is 9.83. The van der Waals surface area contributed by atoms with Crippen molar-refractivity contribution in [3.8, 4) is 0 Å². The summed E-state index contributed by atoms with van der Waals surface area (Å²) in [5.41, 5.74) is 1.32. The van der Waals surface area contributed by atoms with Crippen LogP contribution in [0.1, 0.15) is 19.4 Å². The van der Waals surface area contributed by atoms with Gasteiger partial charge in [-0.15, -0.1) is 0 Å². The van der Waals surface area contributed by atoms with Gasteiger partial charge in [-0.2, -0.15) is 0 Å². The Hall–Kier alpha value is -1.55. The zero-order chi connectivity index (χ0) is 14.0. The molecule has 2 N–H and O–H groups in total. The third-order valence-corrected chi connectivity index (χ3v) is 4.22. The van der Waals surface area contributed by atoms with Crippen LogP contribution >= 0.6 is 0 Å². The van der Waals surface area contributed by atoms with Crippen LogP contribution in [-0.4, -0.2) is 36.8 Å². The molecule has 2 rings (SSSR count). The Balaban J connectivity index is 2.57. The van der Waals surface area contributed by atoms with Crippen LogP contribution in [0.25, 0.3) is 0 Å². The van der Waals surface area contributed by atoms with Gasteiger partial charge in [0.2, 0.25) is 5.91 Å². The first-order valence-electron chi connectivity index (χ1n) is 6.75. The first kappa shape index (κ1) is 13.9. The highest BCUT2D eigenvalue weighted by Crippen LogP contribution is 2.33. The normalized spacial score (nSPS) is 23.6. The fourth-order valence-electron chi connectivity index (χ4n) is 2.89. The number of amides is 1. The molecule has 0 fully saturated rings. The maximum atomic E-state index is 12.5. The van der Waals surface area contributed by atoms with Crippen molar-refractivity contribution in [2.24, 2.45) is 5.92 Å². The van der Waals surface area contributed by atoms with Crippen molar-refractivity contribution in [1.29, 1.82) is 0 Å². The number of benzene rings is 1. The Bertz CT molecular complexity index is 473. The van der Waals surface area contributed by atoms with Crippen molar-refractivity contribution in [3.63, 3.8) is 0 Å². The van der Waals surface area contributed by atoms with Crippen molar-refractivity contribution in [3.05, 3.63) is 29.8 Å². The molecule has 0 aliphatic carbocycles. The molecule has 19 heavy (non-hydrogen) atoms. The molecule has 0 saturated carbocycles. The molecule has 1 amide bonds. The summed E-state index contributed by atoms with van der Waals surface area (Å²) < 4.78 is 0. The largest absolute Gasteiger partial charge is 0.393 e. The van der Waals surface area contributed by atoms with Crippen molar-refractivity contribution < 1.29 is 9.90 Å². The molecule has 1 atom stereocenters. The predicted molar refractivity (Wildman–Crippen MR) is 76.2 cm³/mol. The standard InChI is InChI=1S/C15H22N2O2/c1-11(2)15(10-18)14(19)16-9-8-12-6-4-5-7-13(12)17(15)3/h4-7,11,18H,8-10H2,1-3H3,(H,16,19). The Morgan fingerprint density at radius 1 is 1.42 bits per heavy atom. The number of fused-ring (bicyclic) bond motifs is 1. The minimum atomic E-state index is -0.906. The summed E-state index contributed by atoms with van der Waals surface area (Å²) in [4.78, 5) is 14.4. The number of nitrogens with zero attached hydrogens (tertiary/aromatic N) is 1. The van der Waals surface area contributed by atoms with Gasteiger partial charge in [-0.1, -0.05) is 32.0 Å². The highest BCUT2D eigenvalue weighted by molar-refractivity contribution is 5.91. The first-order valence-corrected chi connectivity index (χ1v) is 6.75. The fraction of sp³-hybridized carbons (Fsp3) is 0.533. The molecule has 0 saturated heterocycles. The van der Waals surface area contributed by atoms with Gasteiger partial charge in [0, 0.05) is 19.3 Å². The van der Waals surface area contributed by atoms with Gasteiger partial charge in [-0.05, 0) is 24.0 Å². The molecule has 1 aliphatic rings. The monoisotopic (exact) mass is 262 g/mol. The Morgan fingerprint density at radius 3 is 2.74 bits per heavy atom. The third kappa shape index (κ3) is 2.10. The van der Waals surface area contributed by atoms with Crippen LogP contribution in [-0.2, 0) is 11.2 Å². The van der Waals surface area contributed by atoms with Crippen molar-refractivity contribution in [1.82, 2.24) is 5.32 Å². The SMILES string of the molecule is CC(C)C1(CO)C(=O)NCCc2ccccc2N1C. The fourth-order valence-corrected chi connectivity index (χ4v) is 2.89. The van der Waals surface area contributed by atoms with Gasteiger partial charge >= 0.3 is 0 Å². The number of carbonyl (C=O) groups excluding carboxylic acids is 1. The minimum absolute atomic E-state index is 0.00801. The van der Waals surface area contributed by atoms with Gasteiger partial charge in [0.15, 0.2) is 0 Å².